The number of hydrogen-bond acceptors (Lipinski definition) is 4. The fraction of sp³-hybridized carbons (Fsp3) is 0.308. The summed E-state index contributed by atoms with van der Waals surface area (Å²) in [5.74, 6) is 0.879. The Bertz CT molecular complexity index is 541. The molecule has 0 saturated heterocycles. The summed E-state index contributed by atoms with van der Waals surface area (Å²) in [5.41, 5.74) is 10.1. The van der Waals surface area contributed by atoms with Gasteiger partial charge in [0.1, 0.15) is 15.8 Å². The van der Waals surface area contributed by atoms with Crippen LogP contribution in [0.1, 0.15) is 16.8 Å². The number of hydrogen-bond donors (Lipinski definition) is 1. The minimum atomic E-state index is 0.765. The lowest BCUT2D eigenvalue weighted by Gasteiger charge is -2.10. The predicted octanol–water partition coefficient (Wildman–Crippen LogP) is 3.33. The third kappa shape index (κ3) is 2.13. The van der Waals surface area contributed by atoms with E-state index in [1.54, 1.807) is 7.11 Å². The first kappa shape index (κ1) is 11.9. The number of nitrogens with two attached hydrogens (primary N) is 1. The molecule has 2 N–H and O–H groups in total. The van der Waals surface area contributed by atoms with Gasteiger partial charge in [0.15, 0.2) is 0 Å². The molecule has 90 valence electrons. The van der Waals surface area contributed by atoms with E-state index in [-0.39, 0.29) is 0 Å². The van der Waals surface area contributed by atoms with Gasteiger partial charge in [0, 0.05) is 0 Å². The molecule has 0 spiro atoms. The van der Waals surface area contributed by atoms with Crippen LogP contribution >= 0.6 is 11.3 Å². The first-order chi connectivity index (χ1) is 8.02. The van der Waals surface area contributed by atoms with Gasteiger partial charge in [-0.1, -0.05) is 17.4 Å². The van der Waals surface area contributed by atoms with E-state index in [1.807, 2.05) is 13.8 Å². The molecule has 1 heterocycles. The highest BCUT2D eigenvalue weighted by atomic mass is 32.1. The molecule has 3 nitrogen and oxygen atoms in total. The fourth-order valence-corrected chi connectivity index (χ4v) is 2.75. The lowest BCUT2D eigenvalue weighted by atomic mass is 10.1. The lowest BCUT2D eigenvalue weighted by Crippen LogP contribution is -1.92. The largest absolute Gasteiger partial charge is 0.496 e. The highest BCUT2D eigenvalue weighted by Crippen LogP contribution is 2.38. The summed E-state index contributed by atoms with van der Waals surface area (Å²) in [7, 11) is 1.69. The maximum Gasteiger partial charge on any atom is 0.132 e. The van der Waals surface area contributed by atoms with Crippen molar-refractivity contribution in [3.05, 3.63) is 29.0 Å². The SMILES string of the molecule is COc1c(C)cc(C)cc1-c1nc(C)c(N)s1. The van der Waals surface area contributed by atoms with Crippen LogP contribution in [0.3, 0.4) is 0 Å². The van der Waals surface area contributed by atoms with E-state index in [9.17, 15) is 0 Å². The van der Waals surface area contributed by atoms with E-state index in [4.69, 9.17) is 10.5 Å². The molecule has 0 aliphatic rings. The molecule has 0 unspecified atom stereocenters. The maximum atomic E-state index is 5.86. The Morgan fingerprint density at radius 1 is 1.24 bits per heavy atom. The molecule has 0 atom stereocenters. The third-order valence-corrected chi connectivity index (χ3v) is 3.71. The van der Waals surface area contributed by atoms with Gasteiger partial charge in [0.2, 0.25) is 0 Å². The zero-order valence-corrected chi connectivity index (χ0v) is 11.3. The van der Waals surface area contributed by atoms with Crippen LogP contribution in [-0.2, 0) is 0 Å². The van der Waals surface area contributed by atoms with E-state index in [1.165, 1.54) is 16.9 Å². The van der Waals surface area contributed by atoms with Crippen LogP contribution in [0.4, 0.5) is 5.00 Å². The number of thiazole rings is 1. The van der Waals surface area contributed by atoms with E-state index >= 15 is 0 Å². The maximum absolute atomic E-state index is 5.86. The molecule has 2 aromatic rings. The number of aryl methyl sites for hydroxylation is 3. The number of methoxy groups -OCH3 is 1. The van der Waals surface area contributed by atoms with Crippen molar-refractivity contribution in [2.45, 2.75) is 20.8 Å². The first-order valence-electron chi connectivity index (χ1n) is 5.41. The zero-order valence-electron chi connectivity index (χ0n) is 10.5. The molecule has 1 aromatic carbocycles. The van der Waals surface area contributed by atoms with Gasteiger partial charge in [0.25, 0.3) is 0 Å². The van der Waals surface area contributed by atoms with Crippen LogP contribution < -0.4 is 10.5 Å². The summed E-state index contributed by atoms with van der Waals surface area (Å²) in [4.78, 5) is 4.48. The van der Waals surface area contributed by atoms with Gasteiger partial charge in [0.05, 0.1) is 18.4 Å². The molecule has 0 amide bonds. The van der Waals surface area contributed by atoms with Crippen molar-refractivity contribution >= 4 is 16.3 Å². The fourth-order valence-electron chi connectivity index (χ4n) is 1.91. The Balaban J connectivity index is 2.65. The van der Waals surface area contributed by atoms with Crippen molar-refractivity contribution < 1.29 is 4.74 Å². The van der Waals surface area contributed by atoms with Gasteiger partial charge in [-0.25, -0.2) is 4.98 Å². The van der Waals surface area contributed by atoms with Gasteiger partial charge in [-0.3, -0.25) is 0 Å². The molecule has 0 fully saturated rings. The molecule has 0 saturated carbocycles. The van der Waals surface area contributed by atoms with E-state index in [0.29, 0.717) is 0 Å². The topological polar surface area (TPSA) is 48.1 Å². The first-order valence-corrected chi connectivity index (χ1v) is 6.23. The number of rotatable bonds is 2. The van der Waals surface area contributed by atoms with Gasteiger partial charge in [-0.05, 0) is 38.0 Å². The van der Waals surface area contributed by atoms with Crippen molar-refractivity contribution in [2.24, 2.45) is 0 Å². The second kappa shape index (κ2) is 4.37. The monoisotopic (exact) mass is 248 g/mol. The van der Waals surface area contributed by atoms with Gasteiger partial charge >= 0.3 is 0 Å². The molecule has 4 heteroatoms. The average molecular weight is 248 g/mol. The normalized spacial score (nSPS) is 10.6. The predicted molar refractivity (Wildman–Crippen MR) is 72.7 cm³/mol. The molecule has 1 aromatic heterocycles. The van der Waals surface area contributed by atoms with Crippen molar-refractivity contribution in [3.63, 3.8) is 0 Å². The van der Waals surface area contributed by atoms with E-state index in [2.05, 4.69) is 24.0 Å². The summed E-state index contributed by atoms with van der Waals surface area (Å²) in [6, 6.07) is 4.19. The van der Waals surface area contributed by atoms with E-state index < -0.39 is 0 Å². The van der Waals surface area contributed by atoms with Crippen molar-refractivity contribution in [3.8, 4) is 16.3 Å². The summed E-state index contributed by atoms with van der Waals surface area (Å²) < 4.78 is 5.46. The van der Waals surface area contributed by atoms with Crippen molar-refractivity contribution in [1.82, 2.24) is 4.98 Å². The van der Waals surface area contributed by atoms with Crippen LogP contribution in [0.2, 0.25) is 0 Å². The Labute approximate surface area is 105 Å². The molecular formula is C13H16N2OS. The van der Waals surface area contributed by atoms with Gasteiger partial charge in [-0.2, -0.15) is 0 Å². The lowest BCUT2D eigenvalue weighted by molar-refractivity contribution is 0.413. The van der Waals surface area contributed by atoms with Crippen LogP contribution in [0.15, 0.2) is 12.1 Å². The Morgan fingerprint density at radius 3 is 2.47 bits per heavy atom. The highest BCUT2D eigenvalue weighted by molar-refractivity contribution is 7.19. The second-order valence-corrected chi connectivity index (χ2v) is 5.16. The molecular weight excluding hydrogens is 232 g/mol. The van der Waals surface area contributed by atoms with Gasteiger partial charge in [-0.15, -0.1) is 0 Å². The molecule has 0 bridgehead atoms. The minimum Gasteiger partial charge on any atom is -0.496 e. The van der Waals surface area contributed by atoms with Crippen LogP contribution in [-0.4, -0.2) is 12.1 Å². The van der Waals surface area contributed by atoms with Crippen LogP contribution in [0, 0.1) is 20.8 Å². The Morgan fingerprint density at radius 2 is 1.94 bits per heavy atom. The highest BCUT2D eigenvalue weighted by Gasteiger charge is 2.14. The average Bonchev–Trinajstić information content (AvgIpc) is 2.58. The summed E-state index contributed by atoms with van der Waals surface area (Å²) >= 11 is 1.50. The molecule has 2 rings (SSSR count). The Hall–Kier alpha value is -1.55. The quantitative estimate of drug-likeness (QED) is 0.886. The van der Waals surface area contributed by atoms with Crippen molar-refractivity contribution in [1.29, 1.82) is 0 Å². The summed E-state index contributed by atoms with van der Waals surface area (Å²) in [5, 5.41) is 1.69. The third-order valence-electron chi connectivity index (χ3n) is 2.69. The molecule has 0 aliphatic heterocycles. The minimum absolute atomic E-state index is 0.765. The van der Waals surface area contributed by atoms with Crippen LogP contribution in [0.25, 0.3) is 10.6 Å². The van der Waals surface area contributed by atoms with E-state index in [0.717, 1.165) is 32.6 Å². The van der Waals surface area contributed by atoms with Crippen LogP contribution in [0.5, 0.6) is 5.75 Å². The number of nitrogen functional groups attached to an aromatic ring is 1. The number of nitrogens with zero attached hydrogens (tertiary/aromatic N) is 1. The zero-order chi connectivity index (χ0) is 12.6. The summed E-state index contributed by atoms with van der Waals surface area (Å²) in [6.07, 6.45) is 0. The molecule has 17 heavy (non-hydrogen) atoms. The Kier molecular flexibility index (Phi) is 3.07. The number of ether oxygens (including phenoxy) is 1. The number of anilines is 1. The summed E-state index contributed by atoms with van der Waals surface area (Å²) in [6.45, 7) is 6.03. The standard InChI is InChI=1S/C13H16N2OS/c1-7-5-8(2)11(16-4)10(6-7)13-15-9(3)12(14)17-13/h5-6H,14H2,1-4H3. The number of benzene rings is 1. The number of aromatic nitrogens is 1. The molecule has 0 radical (unpaired) electrons. The smallest absolute Gasteiger partial charge is 0.132 e. The second-order valence-electron chi connectivity index (χ2n) is 4.13. The molecule has 0 aliphatic carbocycles. The van der Waals surface area contributed by atoms with Gasteiger partial charge < -0.3 is 10.5 Å². The van der Waals surface area contributed by atoms with Crippen molar-refractivity contribution in [2.75, 3.05) is 12.8 Å².